The van der Waals surface area contributed by atoms with Crippen molar-refractivity contribution >= 4 is 15.7 Å². The normalized spacial score (nSPS) is 21.4. The van der Waals surface area contributed by atoms with E-state index < -0.39 is 26.8 Å². The zero-order valence-electron chi connectivity index (χ0n) is 13.1. The van der Waals surface area contributed by atoms with Gasteiger partial charge in [0.05, 0.1) is 9.82 Å². The summed E-state index contributed by atoms with van der Waals surface area (Å²) in [7, 11) is -3.83. The van der Waals surface area contributed by atoms with Crippen LogP contribution in [0.5, 0.6) is 0 Å². The van der Waals surface area contributed by atoms with Crippen LogP contribution >= 0.6 is 0 Å². The molecule has 1 fully saturated rings. The molecular formula is C16H16FN3O4S. The van der Waals surface area contributed by atoms with Crippen LogP contribution in [0.25, 0.3) is 0 Å². The second kappa shape index (κ2) is 6.51. The highest BCUT2D eigenvalue weighted by molar-refractivity contribution is 7.89. The Kier molecular flexibility index (Phi) is 4.55. The van der Waals surface area contributed by atoms with Crippen molar-refractivity contribution < 1.29 is 17.7 Å². The molecule has 2 aromatic carbocycles. The number of hydrogen-bond donors (Lipinski definition) is 1. The van der Waals surface area contributed by atoms with Crippen molar-refractivity contribution in [1.29, 1.82) is 0 Å². The number of non-ortho nitro benzene ring substituents is 1. The lowest BCUT2D eigenvalue weighted by Gasteiger charge is -2.16. The van der Waals surface area contributed by atoms with Crippen LogP contribution in [-0.2, 0) is 10.0 Å². The monoisotopic (exact) mass is 365 g/mol. The summed E-state index contributed by atoms with van der Waals surface area (Å²) in [6.07, 6.45) is 0. The van der Waals surface area contributed by atoms with Crippen molar-refractivity contribution in [3.63, 3.8) is 0 Å². The molecule has 0 radical (unpaired) electrons. The average molecular weight is 365 g/mol. The molecule has 0 aromatic heterocycles. The largest absolute Gasteiger partial charge is 0.326 e. The fourth-order valence-electron chi connectivity index (χ4n) is 2.97. The van der Waals surface area contributed by atoms with Crippen LogP contribution in [0.2, 0.25) is 0 Å². The van der Waals surface area contributed by atoms with Crippen LogP contribution in [0.4, 0.5) is 10.1 Å². The Morgan fingerprint density at radius 1 is 1.16 bits per heavy atom. The van der Waals surface area contributed by atoms with Crippen LogP contribution < -0.4 is 5.73 Å². The van der Waals surface area contributed by atoms with E-state index in [9.17, 15) is 22.9 Å². The molecule has 1 saturated heterocycles. The van der Waals surface area contributed by atoms with E-state index in [4.69, 9.17) is 5.73 Å². The fraction of sp³-hybridized carbons (Fsp3) is 0.250. The molecule has 0 bridgehead atoms. The third-order valence-electron chi connectivity index (χ3n) is 4.29. The minimum absolute atomic E-state index is 0.0369. The third kappa shape index (κ3) is 3.39. The Hall–Kier alpha value is -2.36. The maximum Gasteiger partial charge on any atom is 0.269 e. The maximum absolute atomic E-state index is 13.4. The lowest BCUT2D eigenvalue weighted by atomic mass is 9.95. The Morgan fingerprint density at radius 2 is 1.84 bits per heavy atom. The molecule has 0 spiro atoms. The predicted molar refractivity (Wildman–Crippen MR) is 89.0 cm³/mol. The zero-order valence-corrected chi connectivity index (χ0v) is 13.9. The van der Waals surface area contributed by atoms with Crippen molar-refractivity contribution in [3.05, 3.63) is 70.0 Å². The molecule has 1 aliphatic rings. The summed E-state index contributed by atoms with van der Waals surface area (Å²) in [5.41, 5.74) is 6.53. The molecule has 0 aliphatic carbocycles. The van der Waals surface area contributed by atoms with Crippen molar-refractivity contribution in [2.24, 2.45) is 5.73 Å². The first-order valence-electron chi connectivity index (χ1n) is 7.54. The number of nitrogens with zero attached hydrogens (tertiary/aromatic N) is 2. The summed E-state index contributed by atoms with van der Waals surface area (Å²) in [5.74, 6) is -0.718. The van der Waals surface area contributed by atoms with Crippen molar-refractivity contribution in [2.75, 3.05) is 13.1 Å². The maximum atomic E-state index is 13.4. The van der Waals surface area contributed by atoms with E-state index in [2.05, 4.69) is 0 Å². The highest BCUT2D eigenvalue weighted by Crippen LogP contribution is 2.31. The van der Waals surface area contributed by atoms with Gasteiger partial charge in [0.15, 0.2) is 0 Å². The first kappa shape index (κ1) is 17.5. The molecule has 1 aliphatic heterocycles. The summed E-state index contributed by atoms with van der Waals surface area (Å²) in [6.45, 7) is 0.227. The molecule has 7 nitrogen and oxygen atoms in total. The number of nitro benzene ring substituents is 1. The summed E-state index contributed by atoms with van der Waals surface area (Å²) >= 11 is 0. The van der Waals surface area contributed by atoms with Crippen molar-refractivity contribution in [1.82, 2.24) is 4.31 Å². The Bertz CT molecular complexity index is 902. The summed E-state index contributed by atoms with van der Waals surface area (Å²) in [4.78, 5) is 10.1. The molecule has 2 aromatic rings. The van der Waals surface area contributed by atoms with Crippen LogP contribution in [0.1, 0.15) is 11.5 Å². The number of rotatable bonds is 4. The summed E-state index contributed by atoms with van der Waals surface area (Å²) in [6, 6.07) is 10.2. The van der Waals surface area contributed by atoms with E-state index in [1.807, 2.05) is 0 Å². The number of nitrogens with two attached hydrogens (primary N) is 1. The molecule has 132 valence electrons. The molecule has 0 amide bonds. The Morgan fingerprint density at radius 3 is 2.44 bits per heavy atom. The fourth-order valence-corrected chi connectivity index (χ4v) is 4.47. The van der Waals surface area contributed by atoms with Gasteiger partial charge < -0.3 is 5.73 Å². The first-order chi connectivity index (χ1) is 11.8. The van der Waals surface area contributed by atoms with Gasteiger partial charge in [-0.3, -0.25) is 10.1 Å². The number of hydrogen-bond acceptors (Lipinski definition) is 5. The number of halogens is 1. The topological polar surface area (TPSA) is 107 Å². The second-order valence-corrected chi connectivity index (χ2v) is 7.84. The van der Waals surface area contributed by atoms with Gasteiger partial charge in [0.2, 0.25) is 10.0 Å². The predicted octanol–water partition coefficient (Wildman–Crippen LogP) is 1.85. The molecule has 9 heteroatoms. The standard InChI is InChI=1S/C16H16FN3O4S/c17-12-3-1-2-11(8-12)15-9-19(10-16(15)18)25(23,24)14-6-4-13(5-7-14)20(21)22/h1-8,15-16H,9-10,18H2/t15-,16+/m0/s1. The van der Waals surface area contributed by atoms with Crippen LogP contribution in [-0.4, -0.2) is 36.8 Å². The molecular weight excluding hydrogens is 349 g/mol. The van der Waals surface area contributed by atoms with E-state index >= 15 is 0 Å². The molecule has 1 heterocycles. The van der Waals surface area contributed by atoms with E-state index in [0.29, 0.717) is 5.56 Å². The van der Waals surface area contributed by atoms with Gasteiger partial charge in [-0.1, -0.05) is 12.1 Å². The smallest absolute Gasteiger partial charge is 0.269 e. The molecule has 25 heavy (non-hydrogen) atoms. The Balaban J connectivity index is 1.85. The van der Waals surface area contributed by atoms with Gasteiger partial charge in [0, 0.05) is 37.2 Å². The summed E-state index contributed by atoms with van der Waals surface area (Å²) < 4.78 is 40.1. The third-order valence-corrected chi connectivity index (χ3v) is 6.14. The Labute approximate surface area is 144 Å². The molecule has 3 rings (SSSR count). The van der Waals surface area contributed by atoms with Gasteiger partial charge >= 0.3 is 0 Å². The minimum Gasteiger partial charge on any atom is -0.326 e. The van der Waals surface area contributed by atoms with E-state index in [0.717, 1.165) is 12.1 Å². The minimum atomic E-state index is -3.83. The first-order valence-corrected chi connectivity index (χ1v) is 8.98. The zero-order chi connectivity index (χ0) is 18.2. The summed E-state index contributed by atoms with van der Waals surface area (Å²) in [5, 5.41) is 10.7. The van der Waals surface area contributed by atoms with Gasteiger partial charge in [-0.25, -0.2) is 12.8 Å². The van der Waals surface area contributed by atoms with Crippen molar-refractivity contribution in [3.8, 4) is 0 Å². The quantitative estimate of drug-likeness (QED) is 0.657. The van der Waals surface area contributed by atoms with Gasteiger partial charge in [0.25, 0.3) is 5.69 Å². The molecule has 0 unspecified atom stereocenters. The number of nitro groups is 1. The second-order valence-electron chi connectivity index (χ2n) is 5.90. The van der Waals surface area contributed by atoms with Crippen LogP contribution in [0.3, 0.4) is 0 Å². The average Bonchev–Trinajstić information content (AvgIpc) is 2.97. The number of benzene rings is 2. The van der Waals surface area contributed by atoms with Gasteiger partial charge in [-0.2, -0.15) is 4.31 Å². The van der Waals surface area contributed by atoms with Crippen LogP contribution in [0.15, 0.2) is 53.4 Å². The number of sulfonamides is 1. The molecule has 2 N–H and O–H groups in total. The van der Waals surface area contributed by atoms with E-state index in [1.54, 1.807) is 12.1 Å². The van der Waals surface area contributed by atoms with Crippen molar-refractivity contribution in [2.45, 2.75) is 16.9 Å². The van der Waals surface area contributed by atoms with Gasteiger partial charge in [0.1, 0.15) is 5.82 Å². The lowest BCUT2D eigenvalue weighted by molar-refractivity contribution is -0.384. The SMILES string of the molecule is N[C@@H]1CN(S(=O)(=O)c2ccc([N+](=O)[O-])cc2)C[C@H]1c1cccc(F)c1. The molecule has 2 atom stereocenters. The lowest BCUT2D eigenvalue weighted by Crippen LogP contribution is -2.32. The molecule has 0 saturated carbocycles. The van der Waals surface area contributed by atoms with Gasteiger partial charge in [-0.05, 0) is 29.8 Å². The highest BCUT2D eigenvalue weighted by Gasteiger charge is 2.38. The van der Waals surface area contributed by atoms with Crippen LogP contribution in [0, 0.1) is 15.9 Å². The highest BCUT2D eigenvalue weighted by atomic mass is 32.2. The van der Waals surface area contributed by atoms with E-state index in [1.165, 1.54) is 28.6 Å². The van der Waals surface area contributed by atoms with Gasteiger partial charge in [-0.15, -0.1) is 0 Å². The van der Waals surface area contributed by atoms with E-state index in [-0.39, 0.29) is 29.6 Å².